The van der Waals surface area contributed by atoms with Gasteiger partial charge in [0, 0.05) is 18.7 Å². The summed E-state index contributed by atoms with van der Waals surface area (Å²) in [4.78, 5) is 12.2. The average molecular weight is 486 g/mol. The van der Waals surface area contributed by atoms with Gasteiger partial charge in [0.25, 0.3) is 10.0 Å². The van der Waals surface area contributed by atoms with E-state index in [1.807, 2.05) is 24.3 Å². The molecule has 180 valence electrons. The molecule has 0 unspecified atom stereocenters. The van der Waals surface area contributed by atoms with Gasteiger partial charge in [0.05, 0.1) is 21.3 Å². The Morgan fingerprint density at radius 3 is 1.85 bits per heavy atom. The maximum absolute atomic E-state index is 13.9. The minimum Gasteiger partial charge on any atom is -0.497 e. The van der Waals surface area contributed by atoms with Gasteiger partial charge in [-0.1, -0.05) is 24.3 Å². The van der Waals surface area contributed by atoms with Crippen LogP contribution in [0.4, 0.5) is 0 Å². The lowest BCUT2D eigenvalue weighted by Crippen LogP contribution is -2.31. The van der Waals surface area contributed by atoms with E-state index in [1.54, 1.807) is 38.5 Å². The van der Waals surface area contributed by atoms with Gasteiger partial charge in [0.2, 0.25) is 0 Å². The largest absolute Gasteiger partial charge is 0.497 e. The van der Waals surface area contributed by atoms with Crippen LogP contribution >= 0.6 is 0 Å². The highest BCUT2D eigenvalue weighted by molar-refractivity contribution is 7.89. The molecule has 1 heterocycles. The third-order valence-corrected chi connectivity index (χ3v) is 7.53. The van der Waals surface area contributed by atoms with Crippen LogP contribution in [0.1, 0.15) is 45.9 Å². The summed E-state index contributed by atoms with van der Waals surface area (Å²) < 4.78 is 44.5. The summed E-state index contributed by atoms with van der Waals surface area (Å²) >= 11 is 0. The predicted octanol–water partition coefficient (Wildman–Crippen LogP) is 3.48. The molecule has 0 radical (unpaired) electrons. The van der Waals surface area contributed by atoms with Crippen molar-refractivity contribution in [1.82, 2.24) is 14.5 Å². The van der Waals surface area contributed by atoms with Crippen LogP contribution in [0, 0.1) is 0 Å². The summed E-state index contributed by atoms with van der Waals surface area (Å²) in [5.74, 6) is 0.666. The van der Waals surface area contributed by atoms with E-state index in [-0.39, 0.29) is 29.7 Å². The van der Waals surface area contributed by atoms with Crippen LogP contribution in [-0.4, -0.2) is 50.2 Å². The second kappa shape index (κ2) is 9.86. The van der Waals surface area contributed by atoms with E-state index in [9.17, 15) is 13.2 Å². The lowest BCUT2D eigenvalue weighted by atomic mass is 10.1. The zero-order valence-electron chi connectivity index (χ0n) is 19.3. The number of esters is 1. The molecule has 0 atom stereocenters. The number of carbonyl (C=O) groups excluding carboxylic acids is 1. The lowest BCUT2D eigenvalue weighted by molar-refractivity contribution is 0.0592. The average Bonchev–Trinajstić information content (AvgIpc) is 3.60. The molecule has 1 aliphatic carbocycles. The first-order chi connectivity index (χ1) is 16.4. The van der Waals surface area contributed by atoms with Gasteiger partial charge in [-0.3, -0.25) is 5.10 Å². The van der Waals surface area contributed by atoms with Crippen molar-refractivity contribution < 1.29 is 27.4 Å². The number of H-pyrrole nitrogens is 1. The van der Waals surface area contributed by atoms with Crippen molar-refractivity contribution in [3.8, 4) is 11.5 Å². The molecule has 34 heavy (non-hydrogen) atoms. The van der Waals surface area contributed by atoms with E-state index in [4.69, 9.17) is 14.2 Å². The van der Waals surface area contributed by atoms with Crippen molar-refractivity contribution in [3.05, 3.63) is 70.9 Å². The Labute approximate surface area is 198 Å². The zero-order valence-corrected chi connectivity index (χ0v) is 20.1. The summed E-state index contributed by atoms with van der Waals surface area (Å²) in [6.07, 6.45) is 1.59. The van der Waals surface area contributed by atoms with E-state index in [0.717, 1.165) is 24.0 Å². The van der Waals surface area contributed by atoms with E-state index < -0.39 is 16.0 Å². The summed E-state index contributed by atoms with van der Waals surface area (Å²) in [5.41, 5.74) is 2.01. The van der Waals surface area contributed by atoms with Crippen molar-refractivity contribution in [2.24, 2.45) is 0 Å². The topological polar surface area (TPSA) is 111 Å². The number of methoxy groups -OCH3 is 3. The minimum absolute atomic E-state index is 0.0254. The summed E-state index contributed by atoms with van der Waals surface area (Å²) in [5, 5.41) is 6.58. The first-order valence-corrected chi connectivity index (χ1v) is 12.2. The van der Waals surface area contributed by atoms with E-state index in [2.05, 4.69) is 10.2 Å². The molecule has 4 rings (SSSR count). The minimum atomic E-state index is -4.04. The Morgan fingerprint density at radius 2 is 1.44 bits per heavy atom. The Balaban J connectivity index is 1.73. The van der Waals surface area contributed by atoms with Crippen LogP contribution < -0.4 is 9.47 Å². The molecule has 0 amide bonds. The number of rotatable bonds is 10. The molecule has 10 heteroatoms. The maximum Gasteiger partial charge on any atom is 0.358 e. The highest BCUT2D eigenvalue weighted by Gasteiger charge is 2.40. The van der Waals surface area contributed by atoms with E-state index in [0.29, 0.717) is 17.1 Å². The van der Waals surface area contributed by atoms with Crippen molar-refractivity contribution in [2.75, 3.05) is 21.3 Å². The molecule has 0 aliphatic heterocycles. The number of aromatic nitrogens is 2. The van der Waals surface area contributed by atoms with Crippen molar-refractivity contribution >= 4 is 16.0 Å². The van der Waals surface area contributed by atoms with Crippen molar-refractivity contribution in [3.63, 3.8) is 0 Å². The molecule has 0 saturated heterocycles. The second-order valence-electron chi connectivity index (χ2n) is 8.05. The fraction of sp³-hybridized carbons (Fsp3) is 0.333. The van der Waals surface area contributed by atoms with Gasteiger partial charge in [-0.25, -0.2) is 13.2 Å². The number of hydrogen-bond donors (Lipinski definition) is 1. The van der Waals surface area contributed by atoms with E-state index >= 15 is 0 Å². The maximum atomic E-state index is 13.9. The number of nitrogens with zero attached hydrogens (tertiary/aromatic N) is 2. The summed E-state index contributed by atoms with van der Waals surface area (Å²) in [6.45, 7) is 0.240. The molecule has 1 saturated carbocycles. The molecule has 3 aromatic rings. The monoisotopic (exact) mass is 485 g/mol. The molecule has 1 fully saturated rings. The number of aromatic amines is 1. The highest BCUT2D eigenvalue weighted by atomic mass is 32.2. The fourth-order valence-electron chi connectivity index (χ4n) is 3.76. The molecule has 9 nitrogen and oxygen atoms in total. The van der Waals surface area contributed by atoms with Crippen LogP contribution in [-0.2, 0) is 27.8 Å². The molecule has 0 bridgehead atoms. The molecule has 1 aromatic heterocycles. The van der Waals surface area contributed by atoms with Crippen molar-refractivity contribution in [2.45, 2.75) is 36.9 Å². The van der Waals surface area contributed by atoms with Gasteiger partial charge < -0.3 is 14.2 Å². The third-order valence-electron chi connectivity index (χ3n) is 5.77. The number of carbonyl (C=O) groups is 1. The Kier molecular flexibility index (Phi) is 6.90. The van der Waals surface area contributed by atoms with Crippen LogP contribution in [0.3, 0.4) is 0 Å². The number of sulfonamides is 1. The fourth-order valence-corrected chi connectivity index (χ4v) is 5.36. The first kappa shape index (κ1) is 23.8. The van der Waals surface area contributed by atoms with Crippen molar-refractivity contribution in [1.29, 1.82) is 0 Å². The Morgan fingerprint density at radius 1 is 0.941 bits per heavy atom. The van der Waals surface area contributed by atoms with Crippen LogP contribution in [0.25, 0.3) is 0 Å². The number of nitrogens with one attached hydrogen (secondary N) is 1. The molecule has 1 N–H and O–H groups in total. The summed E-state index contributed by atoms with van der Waals surface area (Å²) in [7, 11) is 0.362. The van der Waals surface area contributed by atoms with Crippen LogP contribution in [0.2, 0.25) is 0 Å². The lowest BCUT2D eigenvalue weighted by Gasteiger charge is -2.23. The van der Waals surface area contributed by atoms with Gasteiger partial charge in [0.1, 0.15) is 11.5 Å². The van der Waals surface area contributed by atoms with Gasteiger partial charge in [-0.15, -0.1) is 0 Å². The smallest absolute Gasteiger partial charge is 0.358 e. The number of hydrogen-bond acceptors (Lipinski definition) is 7. The van der Waals surface area contributed by atoms with Gasteiger partial charge >= 0.3 is 5.97 Å². The Bertz CT molecular complexity index is 1200. The predicted molar refractivity (Wildman–Crippen MR) is 124 cm³/mol. The van der Waals surface area contributed by atoms with E-state index in [1.165, 1.54) is 11.4 Å². The van der Waals surface area contributed by atoms with Gasteiger partial charge in [0.15, 0.2) is 10.7 Å². The normalized spacial score (nSPS) is 13.6. The first-order valence-electron chi connectivity index (χ1n) is 10.8. The van der Waals surface area contributed by atoms with Crippen LogP contribution in [0.5, 0.6) is 11.5 Å². The molecule has 0 spiro atoms. The molecular formula is C24H27N3O6S. The quantitative estimate of drug-likeness (QED) is 0.438. The van der Waals surface area contributed by atoms with Gasteiger partial charge in [-0.2, -0.15) is 9.40 Å². The van der Waals surface area contributed by atoms with Gasteiger partial charge in [-0.05, 0) is 54.2 Å². The summed E-state index contributed by atoms with van der Waals surface area (Å²) in [6, 6.07) is 14.4. The zero-order chi connectivity index (χ0) is 24.3. The Hall–Kier alpha value is -3.37. The standard InChI is InChI=1S/C24H27N3O6S/c1-31-19-10-4-16(5-11-19)14-27(15-17-6-12-20(32-2)13-7-17)34(29,30)23-21(18-8-9-18)22(25-26-23)24(28)33-3/h4-7,10-13,18H,8-9,14-15H2,1-3H3,(H,25,26). The number of ether oxygens (including phenoxy) is 3. The molecule has 2 aromatic carbocycles. The SMILES string of the molecule is COC(=O)c1n[nH]c(S(=O)(=O)N(Cc2ccc(OC)cc2)Cc2ccc(OC)cc2)c1C1CC1. The molecular weight excluding hydrogens is 458 g/mol. The van der Waals surface area contributed by atoms with Crippen LogP contribution in [0.15, 0.2) is 53.6 Å². The second-order valence-corrected chi connectivity index (χ2v) is 9.92. The molecule has 1 aliphatic rings. The number of benzene rings is 2. The highest BCUT2D eigenvalue weighted by Crippen LogP contribution is 2.44. The third kappa shape index (κ3) is 4.92.